The fraction of sp³-hybridized carbons (Fsp3) is 0.286. The lowest BCUT2D eigenvalue weighted by atomic mass is 10.1. The maximum absolute atomic E-state index is 5.18. The highest BCUT2D eigenvalue weighted by atomic mass is 32.1. The standard InChI is InChI=1S/C14H15NOS/c1-16-12-4-2-10(3-5-12)13-8-11-6-7-15-9-14(11)17-13/h2-5,8,15H,6-7,9H2,1H3. The van der Waals surface area contributed by atoms with Crippen molar-refractivity contribution >= 4 is 11.3 Å². The summed E-state index contributed by atoms with van der Waals surface area (Å²) < 4.78 is 5.18. The quantitative estimate of drug-likeness (QED) is 0.878. The van der Waals surface area contributed by atoms with Crippen LogP contribution in [0.4, 0.5) is 0 Å². The van der Waals surface area contributed by atoms with Gasteiger partial charge in [0.1, 0.15) is 5.75 Å². The molecule has 1 aromatic carbocycles. The van der Waals surface area contributed by atoms with E-state index in [1.165, 1.54) is 20.9 Å². The number of methoxy groups -OCH3 is 1. The van der Waals surface area contributed by atoms with Crippen molar-refractivity contribution in [3.8, 4) is 16.2 Å². The molecule has 1 aliphatic rings. The van der Waals surface area contributed by atoms with Crippen LogP contribution in [-0.4, -0.2) is 13.7 Å². The van der Waals surface area contributed by atoms with E-state index in [1.54, 1.807) is 7.11 Å². The van der Waals surface area contributed by atoms with Crippen molar-refractivity contribution < 1.29 is 4.74 Å². The van der Waals surface area contributed by atoms with Gasteiger partial charge in [0, 0.05) is 16.3 Å². The molecule has 0 fully saturated rings. The van der Waals surface area contributed by atoms with Crippen molar-refractivity contribution in [3.05, 3.63) is 40.8 Å². The molecule has 1 aliphatic heterocycles. The smallest absolute Gasteiger partial charge is 0.118 e. The normalized spacial score (nSPS) is 14.4. The molecule has 2 nitrogen and oxygen atoms in total. The van der Waals surface area contributed by atoms with E-state index in [0.717, 1.165) is 25.3 Å². The average molecular weight is 245 g/mol. The van der Waals surface area contributed by atoms with Gasteiger partial charge in [0.25, 0.3) is 0 Å². The summed E-state index contributed by atoms with van der Waals surface area (Å²) in [5.74, 6) is 0.914. The van der Waals surface area contributed by atoms with Gasteiger partial charge in [-0.05, 0) is 54.4 Å². The molecule has 0 bridgehead atoms. The molecule has 1 aromatic heterocycles. The lowest BCUT2D eigenvalue weighted by molar-refractivity contribution is 0.415. The molecule has 3 heteroatoms. The SMILES string of the molecule is COc1ccc(-c2cc3c(s2)CNCC3)cc1. The zero-order valence-electron chi connectivity index (χ0n) is 9.82. The zero-order chi connectivity index (χ0) is 11.7. The molecule has 88 valence electrons. The van der Waals surface area contributed by atoms with Crippen LogP contribution in [0.15, 0.2) is 30.3 Å². The first-order chi connectivity index (χ1) is 8.36. The van der Waals surface area contributed by atoms with E-state index in [9.17, 15) is 0 Å². The Morgan fingerprint density at radius 3 is 2.76 bits per heavy atom. The second kappa shape index (κ2) is 4.51. The molecule has 0 unspecified atom stereocenters. The Hall–Kier alpha value is -1.32. The Bertz CT molecular complexity index is 492. The fourth-order valence-corrected chi connectivity index (χ4v) is 3.34. The molecule has 0 saturated heterocycles. The molecule has 0 atom stereocenters. The van der Waals surface area contributed by atoms with E-state index in [4.69, 9.17) is 4.74 Å². The van der Waals surface area contributed by atoms with E-state index in [-0.39, 0.29) is 0 Å². The summed E-state index contributed by atoms with van der Waals surface area (Å²) in [5.41, 5.74) is 2.80. The van der Waals surface area contributed by atoms with Crippen LogP contribution >= 0.6 is 11.3 Å². The van der Waals surface area contributed by atoms with Gasteiger partial charge in [-0.25, -0.2) is 0 Å². The number of hydrogen-bond acceptors (Lipinski definition) is 3. The van der Waals surface area contributed by atoms with Gasteiger partial charge in [-0.2, -0.15) is 0 Å². The molecule has 0 amide bonds. The molecule has 1 N–H and O–H groups in total. The number of nitrogens with one attached hydrogen (secondary N) is 1. The number of thiophene rings is 1. The van der Waals surface area contributed by atoms with Gasteiger partial charge in [-0.3, -0.25) is 0 Å². The van der Waals surface area contributed by atoms with Crippen molar-refractivity contribution in [2.75, 3.05) is 13.7 Å². The molecule has 2 aromatic rings. The molecule has 0 aliphatic carbocycles. The molecule has 0 saturated carbocycles. The largest absolute Gasteiger partial charge is 0.497 e. The molecule has 17 heavy (non-hydrogen) atoms. The van der Waals surface area contributed by atoms with E-state index in [0.29, 0.717) is 0 Å². The third kappa shape index (κ3) is 2.08. The van der Waals surface area contributed by atoms with Crippen LogP contribution in [0.3, 0.4) is 0 Å². The molecular weight excluding hydrogens is 230 g/mol. The van der Waals surface area contributed by atoms with Crippen LogP contribution in [-0.2, 0) is 13.0 Å². The first-order valence-electron chi connectivity index (χ1n) is 5.83. The third-order valence-electron chi connectivity index (χ3n) is 3.13. The Labute approximate surface area is 105 Å². The van der Waals surface area contributed by atoms with Crippen molar-refractivity contribution in [2.45, 2.75) is 13.0 Å². The van der Waals surface area contributed by atoms with Crippen molar-refractivity contribution in [1.29, 1.82) is 0 Å². The van der Waals surface area contributed by atoms with Gasteiger partial charge in [-0.15, -0.1) is 11.3 Å². The van der Waals surface area contributed by atoms with Crippen LogP contribution < -0.4 is 10.1 Å². The van der Waals surface area contributed by atoms with Crippen LogP contribution in [0.25, 0.3) is 10.4 Å². The Kier molecular flexibility index (Phi) is 2.87. The topological polar surface area (TPSA) is 21.3 Å². The van der Waals surface area contributed by atoms with Gasteiger partial charge < -0.3 is 10.1 Å². The highest BCUT2D eigenvalue weighted by molar-refractivity contribution is 7.15. The molecule has 0 radical (unpaired) electrons. The Balaban J connectivity index is 1.94. The predicted octanol–water partition coefficient (Wildman–Crippen LogP) is 3.07. The average Bonchev–Trinajstić information content (AvgIpc) is 2.82. The summed E-state index contributed by atoms with van der Waals surface area (Å²) in [5, 5.41) is 3.41. The number of rotatable bonds is 2. The number of ether oxygens (including phenoxy) is 1. The first kappa shape index (κ1) is 10.8. The number of fused-ring (bicyclic) bond motifs is 1. The zero-order valence-corrected chi connectivity index (χ0v) is 10.6. The first-order valence-corrected chi connectivity index (χ1v) is 6.65. The van der Waals surface area contributed by atoms with E-state index < -0.39 is 0 Å². The lowest BCUT2D eigenvalue weighted by Crippen LogP contribution is -2.21. The second-order valence-corrected chi connectivity index (χ2v) is 5.35. The van der Waals surface area contributed by atoms with Gasteiger partial charge in [-0.1, -0.05) is 0 Å². The summed E-state index contributed by atoms with van der Waals surface area (Å²) in [4.78, 5) is 2.85. The number of hydrogen-bond donors (Lipinski definition) is 1. The minimum absolute atomic E-state index is 0.914. The van der Waals surface area contributed by atoms with Crippen LogP contribution in [0.1, 0.15) is 10.4 Å². The van der Waals surface area contributed by atoms with Crippen molar-refractivity contribution in [3.63, 3.8) is 0 Å². The molecular formula is C14H15NOS. The van der Waals surface area contributed by atoms with Crippen LogP contribution in [0.2, 0.25) is 0 Å². The van der Waals surface area contributed by atoms with Gasteiger partial charge in [0.05, 0.1) is 7.11 Å². The molecule has 0 spiro atoms. The van der Waals surface area contributed by atoms with E-state index in [2.05, 4.69) is 23.5 Å². The molecule has 3 rings (SSSR count). The summed E-state index contributed by atoms with van der Waals surface area (Å²) in [7, 11) is 1.70. The van der Waals surface area contributed by atoms with E-state index >= 15 is 0 Å². The molecule has 2 heterocycles. The summed E-state index contributed by atoms with van der Waals surface area (Å²) in [6, 6.07) is 10.6. The second-order valence-electron chi connectivity index (χ2n) is 4.21. The minimum Gasteiger partial charge on any atom is -0.497 e. The Morgan fingerprint density at radius 1 is 1.24 bits per heavy atom. The monoisotopic (exact) mass is 245 g/mol. The highest BCUT2D eigenvalue weighted by Crippen LogP contribution is 2.33. The van der Waals surface area contributed by atoms with Gasteiger partial charge >= 0.3 is 0 Å². The predicted molar refractivity (Wildman–Crippen MR) is 71.7 cm³/mol. The highest BCUT2D eigenvalue weighted by Gasteiger charge is 2.13. The maximum Gasteiger partial charge on any atom is 0.118 e. The van der Waals surface area contributed by atoms with Crippen LogP contribution in [0, 0.1) is 0 Å². The lowest BCUT2D eigenvalue weighted by Gasteiger charge is -2.10. The van der Waals surface area contributed by atoms with Crippen molar-refractivity contribution in [2.24, 2.45) is 0 Å². The number of benzene rings is 1. The third-order valence-corrected chi connectivity index (χ3v) is 4.35. The van der Waals surface area contributed by atoms with Gasteiger partial charge in [0.2, 0.25) is 0 Å². The summed E-state index contributed by atoms with van der Waals surface area (Å²) in [6.45, 7) is 2.13. The fourth-order valence-electron chi connectivity index (χ4n) is 2.15. The summed E-state index contributed by atoms with van der Waals surface area (Å²) in [6.07, 6.45) is 1.15. The van der Waals surface area contributed by atoms with Crippen LogP contribution in [0.5, 0.6) is 5.75 Å². The van der Waals surface area contributed by atoms with Gasteiger partial charge in [0.15, 0.2) is 0 Å². The minimum atomic E-state index is 0.914. The maximum atomic E-state index is 5.18. The summed E-state index contributed by atoms with van der Waals surface area (Å²) >= 11 is 1.90. The van der Waals surface area contributed by atoms with Crippen molar-refractivity contribution in [1.82, 2.24) is 5.32 Å². The van der Waals surface area contributed by atoms with E-state index in [1.807, 2.05) is 23.5 Å². The Morgan fingerprint density at radius 2 is 2.06 bits per heavy atom.